The quantitative estimate of drug-likeness (QED) is 0.752. The van der Waals surface area contributed by atoms with E-state index in [0.717, 1.165) is 0 Å². The zero-order chi connectivity index (χ0) is 13.4. The first-order valence-corrected chi connectivity index (χ1v) is 5.50. The standard InChI is InChI=1S/C12H9N3O4/c16-11(17)10-8(4-6-19-10)7-15-12(18)14-5-2-1-3-9(14)13-15/h1-6H,7H2,(H,16,17). The van der Waals surface area contributed by atoms with E-state index < -0.39 is 5.97 Å². The first-order chi connectivity index (χ1) is 9.16. The molecule has 0 amide bonds. The van der Waals surface area contributed by atoms with Crippen LogP contribution in [-0.4, -0.2) is 25.3 Å². The second kappa shape index (κ2) is 4.13. The van der Waals surface area contributed by atoms with E-state index in [0.29, 0.717) is 11.2 Å². The van der Waals surface area contributed by atoms with E-state index in [1.807, 2.05) is 0 Å². The smallest absolute Gasteiger partial charge is 0.372 e. The third-order valence-corrected chi connectivity index (χ3v) is 2.75. The number of hydrogen-bond donors (Lipinski definition) is 1. The van der Waals surface area contributed by atoms with Gasteiger partial charge < -0.3 is 9.52 Å². The molecule has 7 nitrogen and oxygen atoms in total. The fraction of sp³-hybridized carbons (Fsp3) is 0.0833. The van der Waals surface area contributed by atoms with Crippen molar-refractivity contribution in [1.29, 1.82) is 0 Å². The highest BCUT2D eigenvalue weighted by molar-refractivity contribution is 5.86. The van der Waals surface area contributed by atoms with Gasteiger partial charge >= 0.3 is 11.7 Å². The Kier molecular flexibility index (Phi) is 2.45. The molecule has 0 spiro atoms. The number of aromatic nitrogens is 3. The zero-order valence-corrected chi connectivity index (χ0v) is 9.68. The van der Waals surface area contributed by atoms with Gasteiger partial charge in [-0.2, -0.15) is 0 Å². The molecule has 0 bridgehead atoms. The number of hydrogen-bond acceptors (Lipinski definition) is 4. The topological polar surface area (TPSA) is 89.7 Å². The molecule has 0 atom stereocenters. The first kappa shape index (κ1) is 11.3. The van der Waals surface area contributed by atoms with Gasteiger partial charge in [0.1, 0.15) is 0 Å². The van der Waals surface area contributed by atoms with Gasteiger partial charge in [-0.25, -0.2) is 14.3 Å². The van der Waals surface area contributed by atoms with E-state index in [-0.39, 0.29) is 18.0 Å². The van der Waals surface area contributed by atoms with Crippen molar-refractivity contribution in [2.75, 3.05) is 0 Å². The molecule has 0 aliphatic rings. The molecule has 3 heterocycles. The summed E-state index contributed by atoms with van der Waals surface area (Å²) in [7, 11) is 0. The van der Waals surface area contributed by atoms with Gasteiger partial charge in [-0.15, -0.1) is 5.10 Å². The molecule has 0 fully saturated rings. The Balaban J connectivity index is 2.06. The van der Waals surface area contributed by atoms with Crippen LogP contribution in [0.3, 0.4) is 0 Å². The van der Waals surface area contributed by atoms with Crippen molar-refractivity contribution < 1.29 is 14.3 Å². The fourth-order valence-corrected chi connectivity index (χ4v) is 1.88. The maximum Gasteiger partial charge on any atom is 0.372 e. The molecule has 0 unspecified atom stereocenters. The van der Waals surface area contributed by atoms with Crippen molar-refractivity contribution in [1.82, 2.24) is 14.2 Å². The van der Waals surface area contributed by atoms with Gasteiger partial charge in [0.2, 0.25) is 5.76 Å². The highest BCUT2D eigenvalue weighted by Crippen LogP contribution is 2.11. The molecule has 0 saturated heterocycles. The Morgan fingerprint density at radius 2 is 2.21 bits per heavy atom. The van der Waals surface area contributed by atoms with Crippen molar-refractivity contribution in [2.45, 2.75) is 6.54 Å². The van der Waals surface area contributed by atoms with Crippen LogP contribution in [0.1, 0.15) is 16.1 Å². The number of carbonyl (C=O) groups is 1. The summed E-state index contributed by atoms with van der Waals surface area (Å²) in [5.41, 5.74) is 0.582. The van der Waals surface area contributed by atoms with Crippen LogP contribution in [-0.2, 0) is 6.54 Å². The Hall–Kier alpha value is -2.83. The number of furan rings is 1. The predicted molar refractivity (Wildman–Crippen MR) is 64.2 cm³/mol. The summed E-state index contributed by atoms with van der Waals surface area (Å²) < 4.78 is 7.45. The third-order valence-electron chi connectivity index (χ3n) is 2.75. The van der Waals surface area contributed by atoms with Crippen LogP contribution in [0.2, 0.25) is 0 Å². The van der Waals surface area contributed by atoms with Gasteiger partial charge in [-0.3, -0.25) is 4.40 Å². The highest BCUT2D eigenvalue weighted by Gasteiger charge is 2.16. The molecule has 0 radical (unpaired) electrons. The lowest BCUT2D eigenvalue weighted by Gasteiger charge is -1.97. The average molecular weight is 259 g/mol. The number of carboxylic acids is 1. The number of nitrogens with zero attached hydrogens (tertiary/aromatic N) is 3. The number of fused-ring (bicyclic) bond motifs is 1. The molecule has 19 heavy (non-hydrogen) atoms. The van der Waals surface area contributed by atoms with Crippen molar-refractivity contribution >= 4 is 11.6 Å². The zero-order valence-electron chi connectivity index (χ0n) is 9.68. The van der Waals surface area contributed by atoms with Crippen LogP contribution in [0.25, 0.3) is 5.65 Å². The highest BCUT2D eigenvalue weighted by atomic mass is 16.4. The molecule has 3 aromatic rings. The van der Waals surface area contributed by atoms with Crippen LogP contribution in [0.5, 0.6) is 0 Å². The molecule has 3 aromatic heterocycles. The largest absolute Gasteiger partial charge is 0.475 e. The Bertz CT molecular complexity index is 812. The number of rotatable bonds is 3. The van der Waals surface area contributed by atoms with E-state index >= 15 is 0 Å². The van der Waals surface area contributed by atoms with Gasteiger partial charge in [0, 0.05) is 11.8 Å². The molecular formula is C12H9N3O4. The van der Waals surface area contributed by atoms with Crippen molar-refractivity contribution in [3.63, 3.8) is 0 Å². The monoisotopic (exact) mass is 259 g/mol. The summed E-state index contributed by atoms with van der Waals surface area (Å²) in [5.74, 6) is -1.35. The summed E-state index contributed by atoms with van der Waals surface area (Å²) in [6.07, 6.45) is 2.88. The summed E-state index contributed by atoms with van der Waals surface area (Å²) in [4.78, 5) is 22.9. The lowest BCUT2D eigenvalue weighted by atomic mass is 10.2. The average Bonchev–Trinajstić information content (AvgIpc) is 2.97. The maximum absolute atomic E-state index is 12.0. The molecule has 3 rings (SSSR count). The summed E-state index contributed by atoms with van der Waals surface area (Å²) in [6.45, 7) is 0.0542. The number of carboxylic acid groups (broad SMARTS) is 1. The Labute approximate surface area is 106 Å². The summed E-state index contributed by atoms with van der Waals surface area (Å²) in [6, 6.07) is 6.71. The van der Waals surface area contributed by atoms with Crippen LogP contribution in [0.4, 0.5) is 0 Å². The molecule has 0 aliphatic heterocycles. The van der Waals surface area contributed by atoms with Gasteiger partial charge in [-0.05, 0) is 18.2 Å². The summed E-state index contributed by atoms with van der Waals surface area (Å²) >= 11 is 0. The molecule has 7 heteroatoms. The van der Waals surface area contributed by atoms with E-state index in [1.54, 1.807) is 24.4 Å². The van der Waals surface area contributed by atoms with Gasteiger partial charge in [-0.1, -0.05) is 6.07 Å². The normalized spacial score (nSPS) is 10.9. The Morgan fingerprint density at radius 3 is 2.95 bits per heavy atom. The molecule has 0 aliphatic carbocycles. The van der Waals surface area contributed by atoms with E-state index in [4.69, 9.17) is 9.52 Å². The SMILES string of the molecule is O=C(O)c1occc1Cn1nc2ccccn2c1=O. The van der Waals surface area contributed by atoms with Crippen LogP contribution >= 0.6 is 0 Å². The maximum atomic E-state index is 12.0. The van der Waals surface area contributed by atoms with E-state index in [9.17, 15) is 9.59 Å². The van der Waals surface area contributed by atoms with Crippen LogP contribution < -0.4 is 5.69 Å². The minimum absolute atomic E-state index is 0.0542. The number of aromatic carboxylic acids is 1. The van der Waals surface area contributed by atoms with E-state index in [1.165, 1.54) is 21.4 Å². The first-order valence-electron chi connectivity index (χ1n) is 5.50. The lowest BCUT2D eigenvalue weighted by Crippen LogP contribution is -2.22. The third kappa shape index (κ3) is 1.81. The minimum Gasteiger partial charge on any atom is -0.475 e. The predicted octanol–water partition coefficient (Wildman–Crippen LogP) is 0.835. The van der Waals surface area contributed by atoms with Gasteiger partial charge in [0.15, 0.2) is 5.65 Å². The van der Waals surface area contributed by atoms with Crippen molar-refractivity contribution in [2.24, 2.45) is 0 Å². The van der Waals surface area contributed by atoms with Gasteiger partial charge in [0.05, 0.1) is 12.8 Å². The molecule has 0 saturated carbocycles. The minimum atomic E-state index is -1.17. The Morgan fingerprint density at radius 1 is 1.37 bits per heavy atom. The molecule has 0 aromatic carbocycles. The van der Waals surface area contributed by atoms with Crippen LogP contribution in [0, 0.1) is 0 Å². The second-order valence-corrected chi connectivity index (χ2v) is 3.95. The van der Waals surface area contributed by atoms with Crippen molar-refractivity contribution in [3.8, 4) is 0 Å². The van der Waals surface area contributed by atoms with Crippen LogP contribution in [0.15, 0.2) is 45.9 Å². The molecular weight excluding hydrogens is 250 g/mol. The number of pyridine rings is 1. The fourth-order valence-electron chi connectivity index (χ4n) is 1.88. The molecule has 1 N–H and O–H groups in total. The summed E-state index contributed by atoms with van der Waals surface area (Å²) in [5, 5.41) is 13.1. The van der Waals surface area contributed by atoms with E-state index in [2.05, 4.69) is 5.10 Å². The lowest BCUT2D eigenvalue weighted by molar-refractivity contribution is 0.0660. The molecule has 96 valence electrons. The van der Waals surface area contributed by atoms with Gasteiger partial charge in [0.25, 0.3) is 0 Å². The van der Waals surface area contributed by atoms with Crippen molar-refractivity contribution in [3.05, 3.63) is 58.5 Å². The second-order valence-electron chi connectivity index (χ2n) is 3.95.